The van der Waals surface area contributed by atoms with E-state index in [0.29, 0.717) is 12.5 Å². The summed E-state index contributed by atoms with van der Waals surface area (Å²) in [4.78, 5) is 10.1. The Morgan fingerprint density at radius 1 is 1.05 bits per heavy atom. The minimum absolute atomic E-state index is 0.0178. The summed E-state index contributed by atoms with van der Waals surface area (Å²) in [6.07, 6.45) is 5.48. The second kappa shape index (κ2) is 4.61. The third-order valence-corrected chi connectivity index (χ3v) is 7.08. The highest BCUT2D eigenvalue weighted by Gasteiger charge is 2.51. The molecule has 3 fully saturated rings. The van der Waals surface area contributed by atoms with Crippen LogP contribution in [0.5, 0.6) is 0 Å². The van der Waals surface area contributed by atoms with Gasteiger partial charge in [0.25, 0.3) is 0 Å². The summed E-state index contributed by atoms with van der Waals surface area (Å²) in [6, 6.07) is 0.133. The van der Waals surface area contributed by atoms with Crippen molar-refractivity contribution in [2.24, 2.45) is 0 Å². The largest absolute Gasteiger partial charge is 0.336 e. The standard InChI is InChI=1S/C13H17FN4O2S/c14-9-7-15-13(16-8-9)17-5-3-12-11(17)4-6-18(12)21(19,20)10-1-2-10/h7-8,10-12H,1-6H2. The number of hydrogen-bond donors (Lipinski definition) is 0. The first-order valence-corrected chi connectivity index (χ1v) is 8.82. The van der Waals surface area contributed by atoms with Crippen LogP contribution >= 0.6 is 0 Å². The smallest absolute Gasteiger partial charge is 0.225 e. The van der Waals surface area contributed by atoms with Crippen LogP contribution in [0.25, 0.3) is 0 Å². The van der Waals surface area contributed by atoms with Crippen molar-refractivity contribution in [3.63, 3.8) is 0 Å². The van der Waals surface area contributed by atoms with Gasteiger partial charge in [-0.3, -0.25) is 0 Å². The first-order valence-electron chi connectivity index (χ1n) is 7.32. The monoisotopic (exact) mass is 312 g/mol. The lowest BCUT2D eigenvalue weighted by molar-refractivity contribution is 0.387. The topological polar surface area (TPSA) is 66.4 Å². The first kappa shape index (κ1) is 13.4. The van der Waals surface area contributed by atoms with Gasteiger partial charge in [-0.25, -0.2) is 22.8 Å². The van der Waals surface area contributed by atoms with Gasteiger partial charge in [0.15, 0.2) is 5.82 Å². The molecule has 2 unspecified atom stereocenters. The van der Waals surface area contributed by atoms with Gasteiger partial charge in [-0.05, 0) is 25.7 Å². The lowest BCUT2D eigenvalue weighted by Crippen LogP contribution is -2.41. The van der Waals surface area contributed by atoms with Crippen molar-refractivity contribution in [3.8, 4) is 0 Å². The summed E-state index contributed by atoms with van der Waals surface area (Å²) in [7, 11) is -3.13. The van der Waals surface area contributed by atoms with Crippen molar-refractivity contribution in [1.29, 1.82) is 0 Å². The molecule has 0 spiro atoms. The third-order valence-electron chi connectivity index (χ3n) is 4.66. The van der Waals surface area contributed by atoms with Gasteiger partial charge in [0, 0.05) is 25.2 Å². The lowest BCUT2D eigenvalue weighted by atomic mass is 10.1. The number of aromatic nitrogens is 2. The molecule has 2 saturated heterocycles. The van der Waals surface area contributed by atoms with E-state index in [9.17, 15) is 12.8 Å². The van der Waals surface area contributed by atoms with E-state index in [1.165, 1.54) is 0 Å². The Hall–Kier alpha value is -1.28. The van der Waals surface area contributed by atoms with Crippen molar-refractivity contribution in [2.45, 2.75) is 43.0 Å². The van der Waals surface area contributed by atoms with Gasteiger partial charge < -0.3 is 4.90 Å². The van der Waals surface area contributed by atoms with E-state index < -0.39 is 15.8 Å². The third kappa shape index (κ3) is 2.12. The minimum Gasteiger partial charge on any atom is -0.336 e. The molecule has 4 rings (SSSR count). The highest BCUT2D eigenvalue weighted by molar-refractivity contribution is 7.90. The summed E-state index contributed by atoms with van der Waals surface area (Å²) in [6.45, 7) is 1.30. The molecule has 6 nitrogen and oxygen atoms in total. The Labute approximate surface area is 123 Å². The Balaban J connectivity index is 1.57. The molecular formula is C13H17FN4O2S. The van der Waals surface area contributed by atoms with Crippen LogP contribution in [0, 0.1) is 5.82 Å². The van der Waals surface area contributed by atoms with Crippen LogP contribution in [0.15, 0.2) is 12.4 Å². The molecule has 0 radical (unpaired) electrons. The Bertz CT molecular complexity index is 647. The highest BCUT2D eigenvalue weighted by atomic mass is 32.2. The summed E-state index contributed by atoms with van der Waals surface area (Å²) in [5.74, 6) is 0.0356. The number of halogens is 1. The molecule has 1 aromatic rings. The van der Waals surface area contributed by atoms with Crippen molar-refractivity contribution in [2.75, 3.05) is 18.0 Å². The molecule has 2 aliphatic heterocycles. The second-order valence-electron chi connectivity index (χ2n) is 5.96. The van der Waals surface area contributed by atoms with Crippen LogP contribution in [0.4, 0.5) is 10.3 Å². The molecule has 1 aromatic heterocycles. The van der Waals surface area contributed by atoms with Crippen LogP contribution in [0.1, 0.15) is 25.7 Å². The molecule has 0 aromatic carbocycles. The molecule has 0 amide bonds. The second-order valence-corrected chi connectivity index (χ2v) is 8.13. The summed E-state index contributed by atoms with van der Waals surface area (Å²) in [5, 5.41) is -0.160. The fraction of sp³-hybridized carbons (Fsp3) is 0.692. The molecule has 0 bridgehead atoms. The number of sulfonamides is 1. The predicted octanol–water partition coefficient (Wildman–Crippen LogP) is 0.761. The average Bonchev–Trinajstić information content (AvgIpc) is 3.11. The quantitative estimate of drug-likeness (QED) is 0.824. The molecule has 114 valence electrons. The molecule has 0 N–H and O–H groups in total. The van der Waals surface area contributed by atoms with Crippen LogP contribution in [0.2, 0.25) is 0 Å². The zero-order valence-electron chi connectivity index (χ0n) is 11.5. The van der Waals surface area contributed by atoms with E-state index in [2.05, 4.69) is 9.97 Å². The average molecular weight is 312 g/mol. The normalized spacial score (nSPS) is 29.9. The number of nitrogens with zero attached hydrogens (tertiary/aromatic N) is 4. The van der Waals surface area contributed by atoms with Crippen LogP contribution < -0.4 is 4.90 Å². The van der Waals surface area contributed by atoms with E-state index in [1.54, 1.807) is 4.31 Å². The van der Waals surface area contributed by atoms with Gasteiger partial charge in [-0.15, -0.1) is 0 Å². The molecule has 21 heavy (non-hydrogen) atoms. The van der Waals surface area contributed by atoms with E-state index in [1.807, 2.05) is 4.90 Å². The Kier molecular flexibility index (Phi) is 2.94. The molecule has 8 heteroatoms. The maximum Gasteiger partial charge on any atom is 0.225 e. The SMILES string of the molecule is O=S(=O)(C1CC1)N1CCC2C1CCN2c1ncc(F)cn1. The number of rotatable bonds is 3. The zero-order chi connectivity index (χ0) is 14.6. The zero-order valence-corrected chi connectivity index (χ0v) is 12.3. The van der Waals surface area contributed by atoms with E-state index in [-0.39, 0.29) is 17.3 Å². The van der Waals surface area contributed by atoms with Crippen molar-refractivity contribution in [1.82, 2.24) is 14.3 Å². The highest BCUT2D eigenvalue weighted by Crippen LogP contribution is 2.40. The Morgan fingerprint density at radius 2 is 1.71 bits per heavy atom. The molecular weight excluding hydrogens is 295 g/mol. The van der Waals surface area contributed by atoms with Crippen LogP contribution in [-0.4, -0.2) is 53.1 Å². The minimum atomic E-state index is -3.13. The number of hydrogen-bond acceptors (Lipinski definition) is 5. The molecule has 2 atom stereocenters. The summed E-state index contributed by atoms with van der Waals surface area (Å²) < 4.78 is 39.5. The van der Waals surface area contributed by atoms with Crippen molar-refractivity contribution in [3.05, 3.63) is 18.2 Å². The van der Waals surface area contributed by atoms with E-state index in [4.69, 9.17) is 0 Å². The fourth-order valence-corrected chi connectivity index (χ4v) is 5.62. The van der Waals surface area contributed by atoms with Gasteiger partial charge >= 0.3 is 0 Å². The fourth-order valence-electron chi connectivity index (χ4n) is 3.52. The van der Waals surface area contributed by atoms with Gasteiger partial charge in [-0.1, -0.05) is 0 Å². The number of fused-ring (bicyclic) bond motifs is 1. The van der Waals surface area contributed by atoms with E-state index in [0.717, 1.165) is 44.6 Å². The van der Waals surface area contributed by atoms with E-state index >= 15 is 0 Å². The van der Waals surface area contributed by atoms with Crippen molar-refractivity contribution >= 4 is 16.0 Å². The van der Waals surface area contributed by atoms with Crippen molar-refractivity contribution < 1.29 is 12.8 Å². The molecule has 3 aliphatic rings. The van der Waals surface area contributed by atoms with Gasteiger partial charge in [-0.2, -0.15) is 4.31 Å². The number of anilines is 1. The maximum absolute atomic E-state index is 12.9. The first-order chi connectivity index (χ1) is 10.1. The van der Waals surface area contributed by atoms with Gasteiger partial charge in [0.2, 0.25) is 16.0 Å². The molecule has 1 aliphatic carbocycles. The molecule has 1 saturated carbocycles. The van der Waals surface area contributed by atoms with Crippen LogP contribution in [0.3, 0.4) is 0 Å². The Morgan fingerprint density at radius 3 is 2.38 bits per heavy atom. The van der Waals surface area contributed by atoms with Gasteiger partial charge in [0.05, 0.1) is 17.6 Å². The lowest BCUT2D eigenvalue weighted by Gasteiger charge is -2.25. The van der Waals surface area contributed by atoms with Crippen LogP contribution in [-0.2, 0) is 10.0 Å². The summed E-state index contributed by atoms with van der Waals surface area (Å²) >= 11 is 0. The maximum atomic E-state index is 12.9. The molecule has 3 heterocycles. The predicted molar refractivity (Wildman–Crippen MR) is 74.8 cm³/mol. The van der Waals surface area contributed by atoms with Gasteiger partial charge in [0.1, 0.15) is 0 Å². The summed E-state index contributed by atoms with van der Waals surface area (Å²) in [5.41, 5.74) is 0.